The molecule has 1 aliphatic rings. The first-order valence-corrected chi connectivity index (χ1v) is 10.7. The molecule has 1 saturated heterocycles. The third kappa shape index (κ3) is 10.00. The highest BCUT2D eigenvalue weighted by atomic mass is 32.2. The van der Waals surface area contributed by atoms with E-state index in [9.17, 15) is 14.4 Å². The molecule has 1 rings (SSSR count). The summed E-state index contributed by atoms with van der Waals surface area (Å²) in [5.74, 6) is 5.53. The number of thioether (sulfide) groups is 1. The molecule has 0 aromatic carbocycles. The zero-order valence-electron chi connectivity index (χ0n) is 17.0. The van der Waals surface area contributed by atoms with Gasteiger partial charge in [-0.2, -0.15) is 0 Å². The first-order valence-electron chi connectivity index (χ1n) is 9.66. The van der Waals surface area contributed by atoms with Crippen molar-refractivity contribution in [3.8, 4) is 11.8 Å². The number of amides is 1. The van der Waals surface area contributed by atoms with Crippen molar-refractivity contribution in [1.29, 1.82) is 0 Å². The lowest BCUT2D eigenvalue weighted by molar-refractivity contribution is -0.147. The second-order valence-electron chi connectivity index (χ2n) is 6.51. The summed E-state index contributed by atoms with van der Waals surface area (Å²) >= 11 is 1.60. The van der Waals surface area contributed by atoms with Crippen LogP contribution in [0.2, 0.25) is 0 Å². The lowest BCUT2D eigenvalue weighted by Gasteiger charge is -2.24. The summed E-state index contributed by atoms with van der Waals surface area (Å²) in [6.07, 6.45) is 5.53. The van der Waals surface area contributed by atoms with Gasteiger partial charge in [-0.1, -0.05) is 31.6 Å². The maximum absolute atomic E-state index is 12.1. The van der Waals surface area contributed by atoms with Gasteiger partial charge in [0.2, 0.25) is 5.91 Å². The van der Waals surface area contributed by atoms with Crippen LogP contribution in [0.5, 0.6) is 0 Å². The smallest absolute Gasteiger partial charge is 0.331 e. The summed E-state index contributed by atoms with van der Waals surface area (Å²) in [5, 5.41) is 0.0435. The third-order valence-corrected chi connectivity index (χ3v) is 5.55. The van der Waals surface area contributed by atoms with Gasteiger partial charge in [-0.25, -0.2) is 4.79 Å². The Morgan fingerprint density at radius 1 is 1.29 bits per heavy atom. The Morgan fingerprint density at radius 3 is 2.75 bits per heavy atom. The van der Waals surface area contributed by atoms with Gasteiger partial charge >= 0.3 is 11.9 Å². The van der Waals surface area contributed by atoms with Crippen LogP contribution < -0.4 is 0 Å². The van der Waals surface area contributed by atoms with Gasteiger partial charge in [0.05, 0.1) is 24.8 Å². The molecule has 28 heavy (non-hydrogen) atoms. The van der Waals surface area contributed by atoms with Crippen LogP contribution in [0.4, 0.5) is 0 Å². The fraction of sp³-hybridized carbons (Fsp3) is 0.750. The Labute approximate surface area is 171 Å². The number of hydrogen-bond donors (Lipinski definition) is 0. The molecule has 0 radical (unpaired) electrons. The standard InChI is InChI=1S/C20H31NO6S/c1-4-5-6-9-17(27-16(2)22)10-11-19-21(18(23)15-28-19)12-7-8-13-26-14-20(24)25-3/h17,19H,4-6,9-15H2,1-3H3. The van der Waals surface area contributed by atoms with Crippen LogP contribution in [0.25, 0.3) is 0 Å². The second-order valence-corrected chi connectivity index (χ2v) is 7.68. The number of rotatable bonds is 12. The fourth-order valence-corrected chi connectivity index (χ4v) is 3.99. The molecular formula is C20H31NO6S. The molecule has 8 heteroatoms. The van der Waals surface area contributed by atoms with Gasteiger partial charge in [0.15, 0.2) is 0 Å². The zero-order valence-corrected chi connectivity index (χ0v) is 17.8. The van der Waals surface area contributed by atoms with Crippen molar-refractivity contribution in [1.82, 2.24) is 4.90 Å². The summed E-state index contributed by atoms with van der Waals surface area (Å²) in [6.45, 7) is 3.88. The minimum absolute atomic E-state index is 0.0435. The van der Waals surface area contributed by atoms with E-state index in [1.54, 1.807) is 16.7 Å². The van der Waals surface area contributed by atoms with Gasteiger partial charge in [-0.3, -0.25) is 9.59 Å². The third-order valence-electron chi connectivity index (χ3n) is 4.26. The van der Waals surface area contributed by atoms with Gasteiger partial charge in [-0.15, -0.1) is 11.8 Å². The van der Waals surface area contributed by atoms with E-state index in [0.29, 0.717) is 12.3 Å². The molecule has 2 atom stereocenters. The lowest BCUT2D eigenvalue weighted by atomic mass is 10.1. The topological polar surface area (TPSA) is 82.1 Å². The van der Waals surface area contributed by atoms with Crippen molar-refractivity contribution in [2.24, 2.45) is 0 Å². The van der Waals surface area contributed by atoms with E-state index in [0.717, 1.165) is 38.5 Å². The van der Waals surface area contributed by atoms with Crippen LogP contribution in [0.1, 0.15) is 52.4 Å². The Bertz CT molecular complexity index is 571. The van der Waals surface area contributed by atoms with Gasteiger partial charge in [-0.05, 0) is 25.7 Å². The lowest BCUT2D eigenvalue weighted by Crippen LogP contribution is -2.34. The average Bonchev–Trinajstić information content (AvgIpc) is 3.01. The second kappa shape index (κ2) is 14.3. The first kappa shape index (κ1) is 24.3. The number of methoxy groups -OCH3 is 1. The summed E-state index contributed by atoms with van der Waals surface area (Å²) < 4.78 is 15.0. The van der Waals surface area contributed by atoms with Gasteiger partial charge in [0, 0.05) is 6.92 Å². The summed E-state index contributed by atoms with van der Waals surface area (Å²) in [4.78, 5) is 36.2. The molecule has 0 aliphatic carbocycles. The zero-order chi connectivity index (χ0) is 20.8. The highest BCUT2D eigenvalue weighted by Gasteiger charge is 2.31. The van der Waals surface area contributed by atoms with E-state index in [4.69, 9.17) is 9.47 Å². The predicted octanol–water partition coefficient (Wildman–Crippen LogP) is 2.37. The van der Waals surface area contributed by atoms with E-state index in [2.05, 4.69) is 23.5 Å². The van der Waals surface area contributed by atoms with Gasteiger partial charge in [0.1, 0.15) is 19.3 Å². The van der Waals surface area contributed by atoms with Crippen molar-refractivity contribution in [2.75, 3.05) is 32.6 Å². The number of nitrogens with zero attached hydrogens (tertiary/aromatic N) is 1. The molecule has 1 aliphatic heterocycles. The molecule has 1 fully saturated rings. The van der Waals surface area contributed by atoms with Crippen molar-refractivity contribution in [2.45, 2.75) is 63.9 Å². The number of unbranched alkanes of at least 4 members (excludes halogenated alkanes) is 2. The number of carbonyl (C=O) groups is 3. The van der Waals surface area contributed by atoms with Crippen molar-refractivity contribution < 1.29 is 28.6 Å². The van der Waals surface area contributed by atoms with Crippen LogP contribution in [-0.2, 0) is 28.6 Å². The number of ether oxygens (including phenoxy) is 3. The minimum atomic E-state index is -0.450. The molecule has 158 valence electrons. The van der Waals surface area contributed by atoms with Crippen molar-refractivity contribution in [3.05, 3.63) is 0 Å². The maximum atomic E-state index is 12.1. The average molecular weight is 414 g/mol. The maximum Gasteiger partial charge on any atom is 0.331 e. The molecule has 1 amide bonds. The quantitative estimate of drug-likeness (QED) is 0.276. The molecule has 1 heterocycles. The van der Waals surface area contributed by atoms with E-state index in [1.807, 2.05) is 0 Å². The molecular weight excluding hydrogens is 382 g/mol. The highest BCUT2D eigenvalue weighted by Crippen LogP contribution is 2.29. The van der Waals surface area contributed by atoms with Crippen LogP contribution in [0, 0.1) is 11.8 Å². The monoisotopic (exact) mass is 413 g/mol. The van der Waals surface area contributed by atoms with E-state index in [-0.39, 0.29) is 36.6 Å². The fourth-order valence-electron chi connectivity index (χ4n) is 2.81. The van der Waals surface area contributed by atoms with Crippen LogP contribution in [0.3, 0.4) is 0 Å². The molecule has 0 saturated carbocycles. The van der Waals surface area contributed by atoms with Gasteiger partial charge in [0.25, 0.3) is 0 Å². The van der Waals surface area contributed by atoms with E-state index >= 15 is 0 Å². The molecule has 0 bridgehead atoms. The van der Waals surface area contributed by atoms with Crippen LogP contribution >= 0.6 is 11.8 Å². The van der Waals surface area contributed by atoms with Gasteiger partial charge < -0.3 is 19.1 Å². The molecule has 2 unspecified atom stereocenters. The number of hydrogen-bond acceptors (Lipinski definition) is 7. The first-order chi connectivity index (χ1) is 13.5. The van der Waals surface area contributed by atoms with Crippen LogP contribution in [-0.4, -0.2) is 66.8 Å². The predicted molar refractivity (Wildman–Crippen MR) is 108 cm³/mol. The van der Waals surface area contributed by atoms with Crippen molar-refractivity contribution in [3.63, 3.8) is 0 Å². The number of carbonyl (C=O) groups excluding carboxylic acids is 3. The molecule has 0 N–H and O–H groups in total. The molecule has 0 spiro atoms. The van der Waals surface area contributed by atoms with Crippen molar-refractivity contribution >= 4 is 29.6 Å². The van der Waals surface area contributed by atoms with E-state index in [1.165, 1.54) is 14.0 Å². The number of esters is 2. The normalized spacial score (nSPS) is 17.0. The Morgan fingerprint density at radius 2 is 2.07 bits per heavy atom. The summed E-state index contributed by atoms with van der Waals surface area (Å²) in [7, 11) is 1.30. The largest absolute Gasteiger partial charge is 0.467 e. The summed E-state index contributed by atoms with van der Waals surface area (Å²) in [5.41, 5.74) is 0. The SMILES string of the molecule is CCCCCC(CCC1SCC(=O)N1CC#CCOCC(=O)OC)OC(C)=O. The molecule has 7 nitrogen and oxygen atoms in total. The molecule has 0 aromatic rings. The van der Waals surface area contributed by atoms with E-state index < -0.39 is 5.97 Å². The summed E-state index contributed by atoms with van der Waals surface area (Å²) in [6, 6.07) is 0. The Hall–Kier alpha value is -1.72. The molecule has 0 aromatic heterocycles. The Kier molecular flexibility index (Phi) is 12.4. The Balaban J connectivity index is 2.44. The minimum Gasteiger partial charge on any atom is -0.467 e. The van der Waals surface area contributed by atoms with Crippen LogP contribution in [0.15, 0.2) is 0 Å². The highest BCUT2D eigenvalue weighted by molar-refractivity contribution is 8.00.